The first-order valence-corrected chi connectivity index (χ1v) is 3.07. The van der Waals surface area contributed by atoms with Crippen LogP contribution in [-0.4, -0.2) is 7.41 Å². The Kier molecular flexibility index (Phi) is 4.52. The molecule has 1 nitrogen and oxygen atoms in total. The van der Waals surface area contributed by atoms with Crippen molar-refractivity contribution in [3.63, 3.8) is 0 Å². The van der Waals surface area contributed by atoms with Gasteiger partial charge in [0, 0.05) is 0 Å². The smallest absolute Gasteiger partial charge is 0.242 e. The SMILES string of the molecule is C=C(CC)N[B]CC. The first-order chi connectivity index (χ1) is 3.81. The second kappa shape index (κ2) is 4.76. The van der Waals surface area contributed by atoms with Crippen LogP contribution in [0.5, 0.6) is 0 Å². The Hall–Kier alpha value is -0.395. The third-order valence-corrected chi connectivity index (χ3v) is 0.937. The molecule has 0 aliphatic heterocycles. The van der Waals surface area contributed by atoms with E-state index in [1.165, 1.54) is 0 Å². The Labute approximate surface area is 52.4 Å². The van der Waals surface area contributed by atoms with E-state index in [-0.39, 0.29) is 0 Å². The molecule has 8 heavy (non-hydrogen) atoms. The predicted octanol–water partition coefficient (Wildman–Crippen LogP) is 1.56. The standard InChI is InChI=1S/C6H13BN/c1-4-6(3)8-7-5-2/h8H,3-5H2,1-2H3. The maximum Gasteiger partial charge on any atom is 0.242 e. The van der Waals surface area contributed by atoms with Gasteiger partial charge in [0.05, 0.1) is 0 Å². The lowest BCUT2D eigenvalue weighted by Crippen LogP contribution is -2.15. The van der Waals surface area contributed by atoms with Crippen LogP contribution in [0, 0.1) is 0 Å². The molecule has 0 saturated heterocycles. The quantitative estimate of drug-likeness (QED) is 0.541. The molecule has 0 rings (SSSR count). The normalized spacial score (nSPS) is 8.25. The molecular formula is C6H13BN. The highest BCUT2D eigenvalue weighted by molar-refractivity contribution is 6.32. The van der Waals surface area contributed by atoms with E-state index in [0.717, 1.165) is 18.4 Å². The van der Waals surface area contributed by atoms with Gasteiger partial charge in [0.25, 0.3) is 0 Å². The summed E-state index contributed by atoms with van der Waals surface area (Å²) in [7, 11) is 2.01. The second-order valence-electron chi connectivity index (χ2n) is 1.71. The molecule has 0 aromatic heterocycles. The molecule has 0 aliphatic carbocycles. The number of hydrogen-bond acceptors (Lipinski definition) is 1. The fourth-order valence-electron chi connectivity index (χ4n) is 0.348. The average Bonchev–Trinajstić information content (AvgIpc) is 1.83. The van der Waals surface area contributed by atoms with Crippen molar-refractivity contribution < 1.29 is 0 Å². The van der Waals surface area contributed by atoms with Crippen molar-refractivity contribution in [2.45, 2.75) is 26.6 Å². The number of nitrogens with one attached hydrogen (secondary N) is 1. The first-order valence-electron chi connectivity index (χ1n) is 3.07. The molecule has 0 unspecified atom stereocenters. The molecule has 1 N–H and O–H groups in total. The van der Waals surface area contributed by atoms with E-state index in [1.54, 1.807) is 0 Å². The van der Waals surface area contributed by atoms with E-state index < -0.39 is 0 Å². The van der Waals surface area contributed by atoms with Gasteiger partial charge in [-0.3, -0.25) is 0 Å². The fraction of sp³-hybridized carbons (Fsp3) is 0.667. The van der Waals surface area contributed by atoms with E-state index in [1.807, 2.05) is 7.41 Å². The average molecular weight is 110 g/mol. The highest BCUT2D eigenvalue weighted by atomic mass is 14.8. The molecule has 0 atom stereocenters. The molecular weight excluding hydrogens is 96.9 g/mol. The van der Waals surface area contributed by atoms with E-state index >= 15 is 0 Å². The number of rotatable bonds is 4. The zero-order valence-electron chi connectivity index (χ0n) is 5.70. The highest BCUT2D eigenvalue weighted by Crippen LogP contribution is 1.87. The van der Waals surface area contributed by atoms with Crippen LogP contribution in [0.1, 0.15) is 20.3 Å². The predicted molar refractivity (Wildman–Crippen MR) is 38.8 cm³/mol. The summed E-state index contributed by atoms with van der Waals surface area (Å²) in [5, 5.41) is 3.06. The molecule has 0 saturated carbocycles. The van der Waals surface area contributed by atoms with Crippen molar-refractivity contribution >= 4 is 7.41 Å². The molecule has 0 spiro atoms. The van der Waals surface area contributed by atoms with Crippen molar-refractivity contribution in [1.82, 2.24) is 5.23 Å². The molecule has 0 amide bonds. The summed E-state index contributed by atoms with van der Waals surface area (Å²) in [6.07, 6.45) is 2.06. The molecule has 0 heterocycles. The summed E-state index contributed by atoms with van der Waals surface area (Å²) < 4.78 is 0. The second-order valence-corrected chi connectivity index (χ2v) is 1.71. The summed E-state index contributed by atoms with van der Waals surface area (Å²) in [6.45, 7) is 7.94. The van der Waals surface area contributed by atoms with Crippen molar-refractivity contribution in [1.29, 1.82) is 0 Å². The highest BCUT2D eigenvalue weighted by Gasteiger charge is 1.86. The minimum Gasteiger partial charge on any atom is -0.436 e. The summed E-state index contributed by atoms with van der Waals surface area (Å²) in [4.78, 5) is 0. The summed E-state index contributed by atoms with van der Waals surface area (Å²) in [6, 6.07) is 0. The van der Waals surface area contributed by atoms with Gasteiger partial charge in [0.2, 0.25) is 7.41 Å². The Morgan fingerprint density at radius 1 is 1.62 bits per heavy atom. The molecule has 2 heteroatoms. The molecule has 0 fully saturated rings. The van der Waals surface area contributed by atoms with Gasteiger partial charge >= 0.3 is 0 Å². The van der Waals surface area contributed by atoms with Crippen molar-refractivity contribution in [2.75, 3.05) is 0 Å². The Morgan fingerprint density at radius 3 is 2.62 bits per heavy atom. The maximum absolute atomic E-state index is 3.77. The first kappa shape index (κ1) is 7.60. The summed E-state index contributed by atoms with van der Waals surface area (Å²) in [5.41, 5.74) is 1.09. The number of hydrogen-bond donors (Lipinski definition) is 1. The lowest BCUT2D eigenvalue weighted by molar-refractivity contribution is 1.01. The van der Waals surface area contributed by atoms with Crippen LogP contribution in [-0.2, 0) is 0 Å². The summed E-state index contributed by atoms with van der Waals surface area (Å²) >= 11 is 0. The zero-order chi connectivity index (χ0) is 6.41. The van der Waals surface area contributed by atoms with Crippen molar-refractivity contribution in [2.24, 2.45) is 0 Å². The van der Waals surface area contributed by atoms with Gasteiger partial charge in [-0.15, -0.1) is 0 Å². The third kappa shape index (κ3) is 3.78. The zero-order valence-corrected chi connectivity index (χ0v) is 5.70. The van der Waals surface area contributed by atoms with E-state index in [0.29, 0.717) is 0 Å². The van der Waals surface area contributed by atoms with Gasteiger partial charge in [-0.25, -0.2) is 0 Å². The number of allylic oxidation sites excluding steroid dienone is 1. The lowest BCUT2D eigenvalue weighted by atomic mass is 9.90. The molecule has 0 aromatic carbocycles. The third-order valence-electron chi connectivity index (χ3n) is 0.937. The van der Waals surface area contributed by atoms with Gasteiger partial charge in [-0.2, -0.15) is 0 Å². The topological polar surface area (TPSA) is 12.0 Å². The van der Waals surface area contributed by atoms with Gasteiger partial charge < -0.3 is 5.23 Å². The van der Waals surface area contributed by atoms with Gasteiger partial charge in [0.1, 0.15) is 0 Å². The van der Waals surface area contributed by atoms with Crippen LogP contribution in [0.15, 0.2) is 12.3 Å². The van der Waals surface area contributed by atoms with Crippen LogP contribution in [0.4, 0.5) is 0 Å². The minimum atomic E-state index is 1.01. The van der Waals surface area contributed by atoms with Gasteiger partial charge in [-0.05, 0) is 12.1 Å². The van der Waals surface area contributed by atoms with E-state index in [2.05, 4.69) is 25.7 Å². The fourth-order valence-corrected chi connectivity index (χ4v) is 0.348. The molecule has 1 radical (unpaired) electrons. The van der Waals surface area contributed by atoms with Crippen LogP contribution in [0.25, 0.3) is 0 Å². The Balaban J connectivity index is 2.99. The summed E-state index contributed by atoms with van der Waals surface area (Å²) in [5.74, 6) is 0. The van der Waals surface area contributed by atoms with E-state index in [9.17, 15) is 0 Å². The van der Waals surface area contributed by atoms with Crippen molar-refractivity contribution in [3.8, 4) is 0 Å². The monoisotopic (exact) mass is 110 g/mol. The van der Waals surface area contributed by atoms with Crippen molar-refractivity contribution in [3.05, 3.63) is 12.3 Å². The molecule has 0 aromatic rings. The molecule has 45 valence electrons. The molecule has 0 aliphatic rings. The van der Waals surface area contributed by atoms with Crippen LogP contribution in [0.3, 0.4) is 0 Å². The maximum atomic E-state index is 3.77. The van der Waals surface area contributed by atoms with Crippen LogP contribution >= 0.6 is 0 Å². The minimum absolute atomic E-state index is 1.01. The van der Waals surface area contributed by atoms with E-state index in [4.69, 9.17) is 0 Å². The van der Waals surface area contributed by atoms with Gasteiger partial charge in [0.15, 0.2) is 0 Å². The van der Waals surface area contributed by atoms with Gasteiger partial charge in [-0.1, -0.05) is 26.7 Å². The molecule has 0 bridgehead atoms. The van der Waals surface area contributed by atoms with Crippen LogP contribution < -0.4 is 5.23 Å². The van der Waals surface area contributed by atoms with Crippen LogP contribution in [0.2, 0.25) is 6.32 Å². The Morgan fingerprint density at radius 2 is 2.25 bits per heavy atom. The lowest BCUT2D eigenvalue weighted by Gasteiger charge is -2.01. The Bertz CT molecular complexity index is 70.9. The largest absolute Gasteiger partial charge is 0.436 e.